The van der Waals surface area contributed by atoms with Crippen LogP contribution in [0.5, 0.6) is 5.75 Å². The number of rotatable bonds is 14. The molecule has 0 unspecified atom stereocenters. The largest absolute Gasteiger partial charge is 0.497 e. The minimum absolute atomic E-state index is 0.0376. The Kier molecular flexibility index (Phi) is 11.2. The summed E-state index contributed by atoms with van der Waals surface area (Å²) >= 11 is 0. The number of carbonyl (C=O) groups excluding carboxylic acids is 2. The zero-order chi connectivity index (χ0) is 30.0. The van der Waals surface area contributed by atoms with E-state index >= 15 is 0 Å². The van der Waals surface area contributed by atoms with Crippen molar-refractivity contribution in [3.63, 3.8) is 0 Å². The van der Waals surface area contributed by atoms with E-state index in [4.69, 9.17) is 4.74 Å². The molecule has 0 bridgehead atoms. The van der Waals surface area contributed by atoms with E-state index in [0.29, 0.717) is 22.2 Å². The zero-order valence-corrected chi connectivity index (χ0v) is 24.2. The standard InChI is InChI=1S/C30H35F2N3O5S/c1-4-5-16-33-30(37)28(18-22-10-7-6-8-11-22)34(20-23-12-9-13-25(17-23)40-2)29(36)21-35(41(3,38)39)24-14-15-26(31)27(32)19-24/h6-15,17,19,28H,4-5,16,18,20-21H2,1-3H3,(H,33,37)/t28-/m1/s1. The summed E-state index contributed by atoms with van der Waals surface area (Å²) in [4.78, 5) is 28.9. The van der Waals surface area contributed by atoms with Crippen LogP contribution in [0.3, 0.4) is 0 Å². The van der Waals surface area contributed by atoms with Crippen LogP contribution in [-0.4, -0.2) is 57.6 Å². The first-order valence-electron chi connectivity index (χ1n) is 13.2. The van der Waals surface area contributed by atoms with Crippen molar-refractivity contribution < 1.29 is 31.5 Å². The fourth-order valence-electron chi connectivity index (χ4n) is 4.28. The summed E-state index contributed by atoms with van der Waals surface area (Å²) < 4.78 is 59.2. The highest BCUT2D eigenvalue weighted by Gasteiger charge is 2.33. The van der Waals surface area contributed by atoms with E-state index in [1.165, 1.54) is 12.0 Å². The Hall–Kier alpha value is -3.99. The molecular weight excluding hydrogens is 552 g/mol. The molecule has 1 atom stereocenters. The maximum Gasteiger partial charge on any atom is 0.244 e. The maximum absolute atomic E-state index is 14.0. The van der Waals surface area contributed by atoms with Gasteiger partial charge in [-0.05, 0) is 41.8 Å². The lowest BCUT2D eigenvalue weighted by molar-refractivity contribution is -0.140. The molecule has 2 amide bonds. The van der Waals surface area contributed by atoms with E-state index in [1.54, 1.807) is 24.3 Å². The molecule has 11 heteroatoms. The Morgan fingerprint density at radius 3 is 2.29 bits per heavy atom. The summed E-state index contributed by atoms with van der Waals surface area (Å²) in [6.07, 6.45) is 2.63. The molecule has 8 nitrogen and oxygen atoms in total. The van der Waals surface area contributed by atoms with Crippen LogP contribution in [-0.2, 0) is 32.6 Å². The lowest BCUT2D eigenvalue weighted by atomic mass is 10.0. The molecule has 0 fully saturated rings. The van der Waals surface area contributed by atoms with Crippen LogP contribution in [0.1, 0.15) is 30.9 Å². The topological polar surface area (TPSA) is 96.0 Å². The van der Waals surface area contributed by atoms with Crippen LogP contribution in [0.25, 0.3) is 0 Å². The summed E-state index contributed by atoms with van der Waals surface area (Å²) in [6, 6.07) is 17.7. The normalized spacial score (nSPS) is 11.9. The number of methoxy groups -OCH3 is 1. The SMILES string of the molecule is CCCCNC(=O)[C@@H](Cc1ccccc1)N(Cc1cccc(OC)c1)C(=O)CN(c1ccc(F)c(F)c1)S(C)(=O)=O. The molecule has 3 rings (SSSR count). The molecule has 1 N–H and O–H groups in total. The lowest BCUT2D eigenvalue weighted by Gasteiger charge is -2.33. The van der Waals surface area contributed by atoms with Crippen molar-refractivity contribution in [2.24, 2.45) is 0 Å². The molecule has 0 aliphatic heterocycles. The van der Waals surface area contributed by atoms with Crippen molar-refractivity contribution in [3.05, 3.63) is 95.6 Å². The Balaban J connectivity index is 2.06. The van der Waals surface area contributed by atoms with Gasteiger partial charge in [-0.1, -0.05) is 55.8 Å². The van der Waals surface area contributed by atoms with E-state index in [2.05, 4.69) is 5.32 Å². The van der Waals surface area contributed by atoms with Gasteiger partial charge in [0.15, 0.2) is 11.6 Å². The number of hydrogen-bond donors (Lipinski definition) is 1. The van der Waals surface area contributed by atoms with Gasteiger partial charge in [-0.3, -0.25) is 13.9 Å². The highest BCUT2D eigenvalue weighted by molar-refractivity contribution is 7.92. The fraction of sp³-hybridized carbons (Fsp3) is 0.333. The lowest BCUT2D eigenvalue weighted by Crippen LogP contribution is -2.53. The fourth-order valence-corrected chi connectivity index (χ4v) is 5.12. The molecular formula is C30H35F2N3O5S. The molecule has 0 aliphatic rings. The quantitative estimate of drug-likeness (QED) is 0.284. The molecule has 0 heterocycles. The minimum atomic E-state index is -4.11. The molecule has 0 saturated carbocycles. The first-order chi connectivity index (χ1) is 19.5. The highest BCUT2D eigenvalue weighted by Crippen LogP contribution is 2.23. The number of carbonyl (C=O) groups is 2. The molecule has 220 valence electrons. The van der Waals surface area contributed by atoms with E-state index in [0.717, 1.165) is 42.9 Å². The Morgan fingerprint density at radius 1 is 0.951 bits per heavy atom. The van der Waals surface area contributed by atoms with Gasteiger partial charge in [0.2, 0.25) is 21.8 Å². The number of hydrogen-bond acceptors (Lipinski definition) is 5. The number of ether oxygens (including phenoxy) is 1. The second kappa shape index (κ2) is 14.6. The van der Waals surface area contributed by atoms with Gasteiger partial charge in [-0.15, -0.1) is 0 Å². The molecule has 0 saturated heterocycles. The van der Waals surface area contributed by atoms with Crippen molar-refractivity contribution in [2.75, 3.05) is 30.8 Å². The van der Waals surface area contributed by atoms with Crippen LogP contribution in [0.2, 0.25) is 0 Å². The summed E-state index contributed by atoms with van der Waals surface area (Å²) in [6.45, 7) is 1.63. The van der Waals surface area contributed by atoms with Gasteiger partial charge in [0.1, 0.15) is 18.3 Å². The summed E-state index contributed by atoms with van der Waals surface area (Å²) in [7, 11) is -2.60. The Bertz CT molecular complexity index is 1440. The van der Waals surface area contributed by atoms with Gasteiger partial charge >= 0.3 is 0 Å². The van der Waals surface area contributed by atoms with E-state index in [-0.39, 0.29) is 18.7 Å². The first kappa shape index (κ1) is 31.5. The number of anilines is 1. The van der Waals surface area contributed by atoms with Gasteiger partial charge in [-0.25, -0.2) is 17.2 Å². The van der Waals surface area contributed by atoms with Crippen LogP contribution >= 0.6 is 0 Å². The van der Waals surface area contributed by atoms with Crippen LogP contribution in [0.4, 0.5) is 14.5 Å². The number of unbranched alkanes of at least 4 members (excludes halogenated alkanes) is 1. The molecule has 0 radical (unpaired) electrons. The predicted octanol–water partition coefficient (Wildman–Crippen LogP) is 4.30. The highest BCUT2D eigenvalue weighted by atomic mass is 32.2. The minimum Gasteiger partial charge on any atom is -0.497 e. The van der Waals surface area contributed by atoms with Crippen molar-refractivity contribution in [1.82, 2.24) is 10.2 Å². The second-order valence-electron chi connectivity index (χ2n) is 9.59. The Morgan fingerprint density at radius 2 is 1.66 bits per heavy atom. The third kappa shape index (κ3) is 9.01. The number of halogens is 2. The summed E-state index contributed by atoms with van der Waals surface area (Å²) in [5.74, 6) is -2.96. The third-order valence-corrected chi connectivity index (χ3v) is 7.60. The summed E-state index contributed by atoms with van der Waals surface area (Å²) in [5.41, 5.74) is 1.23. The van der Waals surface area contributed by atoms with Crippen LogP contribution in [0.15, 0.2) is 72.8 Å². The molecule has 0 aromatic heterocycles. The van der Waals surface area contributed by atoms with Gasteiger partial charge in [-0.2, -0.15) is 0 Å². The van der Waals surface area contributed by atoms with Gasteiger partial charge in [0.05, 0.1) is 19.1 Å². The van der Waals surface area contributed by atoms with E-state index < -0.39 is 46.1 Å². The zero-order valence-electron chi connectivity index (χ0n) is 23.3. The molecule has 0 aliphatic carbocycles. The van der Waals surface area contributed by atoms with E-state index in [9.17, 15) is 26.8 Å². The number of nitrogens with zero attached hydrogens (tertiary/aromatic N) is 2. The second-order valence-corrected chi connectivity index (χ2v) is 11.5. The number of benzene rings is 3. The molecule has 3 aromatic rings. The van der Waals surface area contributed by atoms with Crippen LogP contribution < -0.4 is 14.4 Å². The average molecular weight is 588 g/mol. The van der Waals surface area contributed by atoms with Gasteiger partial charge in [0, 0.05) is 25.6 Å². The van der Waals surface area contributed by atoms with Crippen molar-refractivity contribution in [3.8, 4) is 5.75 Å². The maximum atomic E-state index is 14.0. The monoisotopic (exact) mass is 587 g/mol. The molecule has 41 heavy (non-hydrogen) atoms. The smallest absolute Gasteiger partial charge is 0.244 e. The third-order valence-electron chi connectivity index (χ3n) is 6.46. The first-order valence-corrected chi connectivity index (χ1v) is 15.0. The van der Waals surface area contributed by atoms with E-state index in [1.807, 2.05) is 37.3 Å². The van der Waals surface area contributed by atoms with Crippen molar-refractivity contribution >= 4 is 27.5 Å². The van der Waals surface area contributed by atoms with Crippen molar-refractivity contribution in [2.45, 2.75) is 38.8 Å². The molecule has 0 spiro atoms. The molecule has 3 aromatic carbocycles. The number of nitrogens with one attached hydrogen (secondary N) is 1. The van der Waals surface area contributed by atoms with Gasteiger partial charge < -0.3 is 15.0 Å². The average Bonchev–Trinajstić information content (AvgIpc) is 2.95. The summed E-state index contributed by atoms with van der Waals surface area (Å²) in [5, 5.41) is 2.90. The van der Waals surface area contributed by atoms with Gasteiger partial charge in [0.25, 0.3) is 0 Å². The Labute approximate surface area is 240 Å². The number of sulfonamides is 1. The van der Waals surface area contributed by atoms with Crippen LogP contribution in [0, 0.1) is 11.6 Å². The number of amides is 2. The van der Waals surface area contributed by atoms with Crippen molar-refractivity contribution in [1.29, 1.82) is 0 Å². The predicted molar refractivity (Wildman–Crippen MR) is 154 cm³/mol.